The topological polar surface area (TPSA) is 46.8 Å². The SMILES string of the molecule is COc1ccc(CCN=Nc2ccncc2)cc1F. The molecule has 4 nitrogen and oxygen atoms in total. The van der Waals surface area contributed by atoms with E-state index in [-0.39, 0.29) is 11.6 Å². The van der Waals surface area contributed by atoms with Crippen LogP contribution in [0.1, 0.15) is 5.56 Å². The Morgan fingerprint density at radius 1 is 1.21 bits per heavy atom. The molecule has 5 heteroatoms. The van der Waals surface area contributed by atoms with Crippen LogP contribution in [0.4, 0.5) is 10.1 Å². The predicted molar refractivity (Wildman–Crippen MR) is 70.3 cm³/mol. The van der Waals surface area contributed by atoms with Crippen LogP contribution in [0.2, 0.25) is 0 Å². The number of nitrogens with zero attached hydrogens (tertiary/aromatic N) is 3. The summed E-state index contributed by atoms with van der Waals surface area (Å²) < 4.78 is 18.3. The molecule has 1 aromatic heterocycles. The van der Waals surface area contributed by atoms with Gasteiger partial charge in [-0.2, -0.15) is 10.2 Å². The van der Waals surface area contributed by atoms with Gasteiger partial charge < -0.3 is 4.74 Å². The number of aromatic nitrogens is 1. The maximum atomic E-state index is 13.4. The standard InChI is InChI=1S/C14H14FN3O/c1-19-14-3-2-11(10-13(14)15)4-9-17-18-12-5-7-16-8-6-12/h2-3,5-8,10H,4,9H2,1H3. The van der Waals surface area contributed by atoms with Gasteiger partial charge in [-0.25, -0.2) is 4.39 Å². The second-order valence-electron chi connectivity index (χ2n) is 3.89. The van der Waals surface area contributed by atoms with E-state index in [0.717, 1.165) is 11.3 Å². The minimum atomic E-state index is -0.355. The average molecular weight is 259 g/mol. The van der Waals surface area contributed by atoms with Gasteiger partial charge in [-0.1, -0.05) is 6.07 Å². The number of rotatable bonds is 5. The number of azo groups is 1. The highest BCUT2D eigenvalue weighted by atomic mass is 19.1. The van der Waals surface area contributed by atoms with Gasteiger partial charge in [0.15, 0.2) is 11.6 Å². The molecule has 0 aliphatic heterocycles. The summed E-state index contributed by atoms with van der Waals surface area (Å²) in [5.41, 5.74) is 1.63. The smallest absolute Gasteiger partial charge is 0.165 e. The van der Waals surface area contributed by atoms with Gasteiger partial charge in [-0.3, -0.25) is 4.98 Å². The van der Waals surface area contributed by atoms with Crippen molar-refractivity contribution in [2.45, 2.75) is 6.42 Å². The van der Waals surface area contributed by atoms with E-state index >= 15 is 0 Å². The third-order valence-electron chi connectivity index (χ3n) is 2.57. The first-order valence-corrected chi connectivity index (χ1v) is 5.89. The van der Waals surface area contributed by atoms with E-state index in [4.69, 9.17) is 4.74 Å². The van der Waals surface area contributed by atoms with Crippen molar-refractivity contribution >= 4 is 5.69 Å². The predicted octanol–water partition coefficient (Wildman–Crippen LogP) is 3.56. The first-order valence-electron chi connectivity index (χ1n) is 5.89. The van der Waals surface area contributed by atoms with Gasteiger partial charge in [-0.05, 0) is 36.2 Å². The van der Waals surface area contributed by atoms with Gasteiger partial charge in [-0.15, -0.1) is 0 Å². The number of methoxy groups -OCH3 is 1. The molecular formula is C14H14FN3O. The van der Waals surface area contributed by atoms with Crippen LogP contribution < -0.4 is 4.74 Å². The zero-order valence-corrected chi connectivity index (χ0v) is 10.6. The number of benzene rings is 1. The lowest BCUT2D eigenvalue weighted by Crippen LogP contribution is -1.93. The quantitative estimate of drug-likeness (QED) is 0.771. The molecule has 0 spiro atoms. The number of ether oxygens (including phenoxy) is 1. The second kappa shape index (κ2) is 6.58. The Kier molecular flexibility index (Phi) is 4.55. The molecule has 0 unspecified atom stereocenters. The fraction of sp³-hybridized carbons (Fsp3) is 0.214. The van der Waals surface area contributed by atoms with E-state index in [1.807, 2.05) is 6.07 Å². The normalized spacial score (nSPS) is 10.8. The van der Waals surface area contributed by atoms with Gasteiger partial charge in [0.1, 0.15) is 0 Å². The van der Waals surface area contributed by atoms with Crippen LogP contribution in [0.25, 0.3) is 0 Å². The first kappa shape index (κ1) is 13.1. The van der Waals surface area contributed by atoms with Crippen LogP contribution in [-0.4, -0.2) is 18.6 Å². The van der Waals surface area contributed by atoms with Crippen LogP contribution >= 0.6 is 0 Å². The van der Waals surface area contributed by atoms with Crippen molar-refractivity contribution in [2.75, 3.05) is 13.7 Å². The maximum absolute atomic E-state index is 13.4. The van der Waals surface area contributed by atoms with Gasteiger partial charge in [0, 0.05) is 12.4 Å². The number of hydrogen-bond donors (Lipinski definition) is 0. The third-order valence-corrected chi connectivity index (χ3v) is 2.57. The van der Waals surface area contributed by atoms with Crippen LogP contribution in [0, 0.1) is 5.82 Å². The highest BCUT2D eigenvalue weighted by Gasteiger charge is 2.02. The number of halogens is 1. The van der Waals surface area contributed by atoms with Gasteiger partial charge >= 0.3 is 0 Å². The molecule has 1 aromatic carbocycles. The Labute approximate surface area is 111 Å². The molecule has 0 radical (unpaired) electrons. The molecule has 0 fully saturated rings. The molecule has 98 valence electrons. The molecule has 0 aliphatic rings. The largest absolute Gasteiger partial charge is 0.494 e. The number of hydrogen-bond acceptors (Lipinski definition) is 4. The van der Waals surface area contributed by atoms with Gasteiger partial charge in [0.05, 0.1) is 19.3 Å². The Morgan fingerprint density at radius 2 is 2.00 bits per heavy atom. The molecule has 0 aliphatic carbocycles. The molecule has 0 saturated carbocycles. The number of pyridine rings is 1. The van der Waals surface area contributed by atoms with Crippen LogP contribution in [0.15, 0.2) is 53.0 Å². The Balaban J connectivity index is 1.89. The van der Waals surface area contributed by atoms with E-state index in [1.165, 1.54) is 13.2 Å². The lowest BCUT2D eigenvalue weighted by molar-refractivity contribution is 0.386. The van der Waals surface area contributed by atoms with Crippen LogP contribution in [0.3, 0.4) is 0 Å². The van der Waals surface area contributed by atoms with Crippen LogP contribution in [0.5, 0.6) is 5.75 Å². The molecule has 19 heavy (non-hydrogen) atoms. The van der Waals surface area contributed by atoms with Gasteiger partial charge in [0.2, 0.25) is 0 Å². The molecule has 2 rings (SSSR count). The van der Waals surface area contributed by atoms with Crippen molar-refractivity contribution in [3.05, 3.63) is 54.1 Å². The average Bonchev–Trinajstić information content (AvgIpc) is 2.45. The molecule has 0 saturated heterocycles. The van der Waals surface area contributed by atoms with E-state index in [9.17, 15) is 4.39 Å². The molecule has 2 aromatic rings. The summed E-state index contributed by atoms with van der Waals surface area (Å²) in [5, 5.41) is 8.10. The summed E-state index contributed by atoms with van der Waals surface area (Å²) in [6.45, 7) is 0.508. The first-order chi connectivity index (χ1) is 9.29. The summed E-state index contributed by atoms with van der Waals surface area (Å²) >= 11 is 0. The minimum absolute atomic E-state index is 0.252. The zero-order valence-electron chi connectivity index (χ0n) is 10.6. The maximum Gasteiger partial charge on any atom is 0.165 e. The fourth-order valence-corrected chi connectivity index (χ4v) is 1.59. The Morgan fingerprint density at radius 3 is 2.68 bits per heavy atom. The Bertz CT molecular complexity index is 558. The zero-order chi connectivity index (χ0) is 13.5. The molecule has 0 atom stereocenters. The third kappa shape index (κ3) is 3.84. The second-order valence-corrected chi connectivity index (χ2v) is 3.89. The molecule has 0 N–H and O–H groups in total. The fourth-order valence-electron chi connectivity index (χ4n) is 1.59. The molecule has 1 heterocycles. The molecule has 0 bridgehead atoms. The van der Waals surface area contributed by atoms with E-state index in [1.54, 1.807) is 30.6 Å². The highest BCUT2D eigenvalue weighted by molar-refractivity contribution is 5.32. The van der Waals surface area contributed by atoms with Gasteiger partial charge in [0.25, 0.3) is 0 Å². The molecular weight excluding hydrogens is 245 g/mol. The van der Waals surface area contributed by atoms with Crippen molar-refractivity contribution < 1.29 is 9.13 Å². The summed E-state index contributed by atoms with van der Waals surface area (Å²) in [6, 6.07) is 8.45. The lowest BCUT2D eigenvalue weighted by atomic mass is 10.1. The van der Waals surface area contributed by atoms with Crippen molar-refractivity contribution in [2.24, 2.45) is 10.2 Å². The van der Waals surface area contributed by atoms with Crippen molar-refractivity contribution in [1.29, 1.82) is 0 Å². The Hall–Kier alpha value is -2.30. The lowest BCUT2D eigenvalue weighted by Gasteiger charge is -2.03. The van der Waals surface area contributed by atoms with Crippen molar-refractivity contribution in [3.8, 4) is 5.75 Å². The van der Waals surface area contributed by atoms with E-state index in [2.05, 4.69) is 15.2 Å². The summed E-state index contributed by atoms with van der Waals surface area (Å²) in [4.78, 5) is 3.89. The highest BCUT2D eigenvalue weighted by Crippen LogP contribution is 2.18. The van der Waals surface area contributed by atoms with E-state index in [0.29, 0.717) is 13.0 Å². The summed E-state index contributed by atoms with van der Waals surface area (Å²) in [5.74, 6) is -0.103. The van der Waals surface area contributed by atoms with E-state index < -0.39 is 0 Å². The monoisotopic (exact) mass is 259 g/mol. The summed E-state index contributed by atoms with van der Waals surface area (Å²) in [6.07, 6.45) is 3.95. The summed E-state index contributed by atoms with van der Waals surface area (Å²) in [7, 11) is 1.45. The van der Waals surface area contributed by atoms with Crippen LogP contribution in [-0.2, 0) is 6.42 Å². The molecule has 0 amide bonds. The van der Waals surface area contributed by atoms with Crippen molar-refractivity contribution in [3.63, 3.8) is 0 Å². The van der Waals surface area contributed by atoms with Crippen molar-refractivity contribution in [1.82, 2.24) is 4.98 Å². The minimum Gasteiger partial charge on any atom is -0.494 e.